The largest absolute Gasteiger partial charge is 0.466 e. The molecule has 6 nitrogen and oxygen atoms in total. The molecule has 0 fully saturated rings. The van der Waals surface area contributed by atoms with Gasteiger partial charge in [-0.3, -0.25) is 9.59 Å². The van der Waals surface area contributed by atoms with E-state index in [0.717, 1.165) is 44.9 Å². The van der Waals surface area contributed by atoms with Crippen molar-refractivity contribution in [3.8, 4) is 0 Å². The lowest BCUT2D eigenvalue weighted by Crippen LogP contribution is -2.45. The van der Waals surface area contributed by atoms with E-state index in [1.807, 2.05) is 0 Å². The summed E-state index contributed by atoms with van der Waals surface area (Å²) in [5.41, 5.74) is 0. The maximum Gasteiger partial charge on any atom is 0.305 e. The van der Waals surface area contributed by atoms with Crippen LogP contribution in [0.1, 0.15) is 309 Å². The molecule has 3 N–H and O–H groups in total. The van der Waals surface area contributed by atoms with Gasteiger partial charge in [-0.25, -0.2) is 0 Å². The molecular formula is C56H109NO5. The highest BCUT2D eigenvalue weighted by Gasteiger charge is 2.20. The Morgan fingerprint density at radius 2 is 0.758 bits per heavy atom. The average Bonchev–Trinajstić information content (AvgIpc) is 3.27. The van der Waals surface area contributed by atoms with Gasteiger partial charge in [-0.1, -0.05) is 257 Å². The second-order valence-corrected chi connectivity index (χ2v) is 19.3. The number of nitrogens with one attached hydrogen (secondary N) is 1. The zero-order valence-corrected chi connectivity index (χ0v) is 41.9. The first-order valence-corrected chi connectivity index (χ1v) is 27.9. The van der Waals surface area contributed by atoms with E-state index >= 15 is 0 Å². The normalized spacial score (nSPS) is 12.6. The van der Waals surface area contributed by atoms with Crippen LogP contribution >= 0.6 is 0 Å². The lowest BCUT2D eigenvalue weighted by atomic mass is 10.0. The van der Waals surface area contributed by atoms with Crippen LogP contribution in [-0.2, 0) is 14.3 Å². The number of ether oxygens (including phenoxy) is 1. The second-order valence-electron chi connectivity index (χ2n) is 19.3. The number of esters is 1. The van der Waals surface area contributed by atoms with Crippen molar-refractivity contribution < 1.29 is 24.5 Å². The van der Waals surface area contributed by atoms with Crippen molar-refractivity contribution >= 4 is 11.9 Å². The van der Waals surface area contributed by atoms with Crippen molar-refractivity contribution in [3.63, 3.8) is 0 Å². The van der Waals surface area contributed by atoms with Crippen LogP contribution in [0.5, 0.6) is 0 Å². The molecule has 6 heteroatoms. The summed E-state index contributed by atoms with van der Waals surface area (Å²) in [7, 11) is 0. The fourth-order valence-corrected chi connectivity index (χ4v) is 8.75. The molecule has 62 heavy (non-hydrogen) atoms. The molecule has 2 unspecified atom stereocenters. The van der Waals surface area contributed by atoms with Gasteiger partial charge in [0.1, 0.15) is 0 Å². The SMILES string of the molecule is CCCCCCCC/C=C\CCCCCCCCCCCC(=O)OCCCCCCCCCCCCCCCCCC(=O)NC(CO)C(O)CCCCCCCCCCCCC. The van der Waals surface area contributed by atoms with Crippen LogP contribution in [0.2, 0.25) is 0 Å². The van der Waals surface area contributed by atoms with Crippen LogP contribution in [-0.4, -0.2) is 47.4 Å². The minimum absolute atomic E-state index is 0.000561. The predicted octanol–water partition coefficient (Wildman–Crippen LogP) is 16.9. The van der Waals surface area contributed by atoms with Crippen molar-refractivity contribution in [1.82, 2.24) is 5.32 Å². The van der Waals surface area contributed by atoms with Gasteiger partial charge < -0.3 is 20.3 Å². The summed E-state index contributed by atoms with van der Waals surface area (Å²) < 4.78 is 5.49. The number of carbonyl (C=O) groups excluding carboxylic acids is 2. The number of unbranched alkanes of at least 4 members (excludes halogenated alkanes) is 39. The molecule has 0 heterocycles. The van der Waals surface area contributed by atoms with Crippen molar-refractivity contribution in [2.45, 2.75) is 321 Å². The summed E-state index contributed by atoms with van der Waals surface area (Å²) in [4.78, 5) is 24.5. The number of aliphatic hydroxyl groups excluding tert-OH is 2. The molecule has 0 saturated carbocycles. The summed E-state index contributed by atoms with van der Waals surface area (Å²) in [6.45, 7) is 4.93. The van der Waals surface area contributed by atoms with E-state index in [9.17, 15) is 19.8 Å². The molecule has 0 aliphatic carbocycles. The van der Waals surface area contributed by atoms with Gasteiger partial charge in [0.15, 0.2) is 0 Å². The number of hydrogen-bond acceptors (Lipinski definition) is 5. The van der Waals surface area contributed by atoms with E-state index in [-0.39, 0.29) is 18.5 Å². The van der Waals surface area contributed by atoms with Gasteiger partial charge in [0.05, 0.1) is 25.4 Å². The zero-order valence-electron chi connectivity index (χ0n) is 41.9. The van der Waals surface area contributed by atoms with Crippen LogP contribution in [0, 0.1) is 0 Å². The fourth-order valence-electron chi connectivity index (χ4n) is 8.75. The average molecular weight is 876 g/mol. The van der Waals surface area contributed by atoms with Crippen molar-refractivity contribution in [1.29, 1.82) is 0 Å². The highest BCUT2D eigenvalue weighted by atomic mass is 16.5. The maximum atomic E-state index is 12.4. The topological polar surface area (TPSA) is 95.9 Å². The molecule has 0 aliphatic rings. The van der Waals surface area contributed by atoms with Crippen LogP contribution in [0.4, 0.5) is 0 Å². The Labute approximate surface area is 387 Å². The minimum Gasteiger partial charge on any atom is -0.466 e. The van der Waals surface area contributed by atoms with Crippen molar-refractivity contribution in [2.24, 2.45) is 0 Å². The molecule has 0 aromatic rings. The number of aliphatic hydroxyl groups is 2. The Balaban J connectivity index is 3.39. The summed E-state index contributed by atoms with van der Waals surface area (Å²) in [6.07, 6.45) is 60.5. The molecule has 0 rings (SSSR count). The molecule has 0 spiro atoms. The van der Waals surface area contributed by atoms with Gasteiger partial charge in [0.25, 0.3) is 0 Å². The fraction of sp³-hybridized carbons (Fsp3) is 0.929. The molecule has 0 aliphatic heterocycles. The van der Waals surface area contributed by atoms with Gasteiger partial charge in [0, 0.05) is 12.8 Å². The van der Waals surface area contributed by atoms with E-state index in [2.05, 4.69) is 31.3 Å². The van der Waals surface area contributed by atoms with Crippen molar-refractivity contribution in [3.05, 3.63) is 12.2 Å². The van der Waals surface area contributed by atoms with Gasteiger partial charge in [0.2, 0.25) is 5.91 Å². The molecule has 1 amide bonds. The van der Waals surface area contributed by atoms with Gasteiger partial charge in [-0.05, 0) is 51.4 Å². The molecule has 368 valence electrons. The monoisotopic (exact) mass is 876 g/mol. The first-order valence-electron chi connectivity index (χ1n) is 27.9. The number of amides is 1. The highest BCUT2D eigenvalue weighted by Crippen LogP contribution is 2.17. The summed E-state index contributed by atoms with van der Waals surface area (Å²) in [5, 5.41) is 23.2. The molecular weight excluding hydrogens is 767 g/mol. The molecule has 0 bridgehead atoms. The molecule has 0 radical (unpaired) electrons. The van der Waals surface area contributed by atoms with E-state index in [0.29, 0.717) is 25.9 Å². The molecule has 0 saturated heterocycles. The zero-order chi connectivity index (χ0) is 45.1. The smallest absolute Gasteiger partial charge is 0.305 e. The molecule has 0 aromatic heterocycles. The van der Waals surface area contributed by atoms with Gasteiger partial charge >= 0.3 is 5.97 Å². The number of carbonyl (C=O) groups is 2. The van der Waals surface area contributed by atoms with Crippen LogP contribution < -0.4 is 5.32 Å². The summed E-state index contributed by atoms with van der Waals surface area (Å²) in [5.74, 6) is -0.0430. The third-order valence-electron chi connectivity index (χ3n) is 13.1. The Morgan fingerprint density at radius 1 is 0.435 bits per heavy atom. The Bertz CT molecular complexity index is 924. The quantitative estimate of drug-likeness (QED) is 0.0321. The Hall–Kier alpha value is -1.40. The second kappa shape index (κ2) is 52.2. The number of allylic oxidation sites excluding steroid dienone is 2. The van der Waals surface area contributed by atoms with Gasteiger partial charge in [-0.2, -0.15) is 0 Å². The third kappa shape index (κ3) is 48.1. The third-order valence-corrected chi connectivity index (χ3v) is 13.1. The summed E-state index contributed by atoms with van der Waals surface area (Å²) in [6, 6.07) is -0.546. The Morgan fingerprint density at radius 3 is 1.15 bits per heavy atom. The van der Waals surface area contributed by atoms with E-state index < -0.39 is 12.1 Å². The summed E-state index contributed by atoms with van der Waals surface area (Å²) >= 11 is 0. The van der Waals surface area contributed by atoms with Crippen LogP contribution in [0.3, 0.4) is 0 Å². The Kier molecular flexibility index (Phi) is 51.0. The highest BCUT2D eigenvalue weighted by molar-refractivity contribution is 5.76. The predicted molar refractivity (Wildman–Crippen MR) is 269 cm³/mol. The minimum atomic E-state index is -0.668. The van der Waals surface area contributed by atoms with E-state index in [4.69, 9.17) is 4.74 Å². The van der Waals surface area contributed by atoms with Crippen LogP contribution in [0.15, 0.2) is 12.2 Å². The molecule has 2 atom stereocenters. The number of rotatable bonds is 52. The van der Waals surface area contributed by atoms with Crippen molar-refractivity contribution in [2.75, 3.05) is 13.2 Å². The van der Waals surface area contributed by atoms with E-state index in [1.54, 1.807) is 0 Å². The number of hydrogen-bond donors (Lipinski definition) is 3. The molecule has 0 aromatic carbocycles. The lowest BCUT2D eigenvalue weighted by molar-refractivity contribution is -0.143. The van der Waals surface area contributed by atoms with Gasteiger partial charge in [-0.15, -0.1) is 0 Å². The van der Waals surface area contributed by atoms with E-state index in [1.165, 1.54) is 231 Å². The first-order chi connectivity index (χ1) is 30.5. The maximum absolute atomic E-state index is 12.4. The first kappa shape index (κ1) is 60.6. The standard InChI is InChI=1S/C56H109NO5/c1-3-5-7-9-11-13-15-16-17-18-19-20-23-26-30-34-38-42-46-50-56(61)62-51-47-43-39-35-31-27-24-21-22-25-29-33-37-41-45-49-55(60)57-53(52-58)54(59)48-44-40-36-32-28-14-12-10-8-6-4-2/h16-17,53-54,58-59H,3-15,18-52H2,1-2H3,(H,57,60)/b17-16-. The van der Waals surface area contributed by atoms with Crippen LogP contribution in [0.25, 0.3) is 0 Å². The lowest BCUT2D eigenvalue weighted by Gasteiger charge is -2.22.